The minimum Gasteiger partial charge on any atom is -0.356 e. The average Bonchev–Trinajstić information content (AvgIpc) is 2.96. The molecule has 27 heavy (non-hydrogen) atoms. The number of nitrogens with one attached hydrogen (secondary N) is 2. The smallest absolute Gasteiger partial charge is 0.191 e. The van der Waals surface area contributed by atoms with Gasteiger partial charge in [-0.05, 0) is 43.2 Å². The molecule has 3 rings (SSSR count). The predicted molar refractivity (Wildman–Crippen MR) is 119 cm³/mol. The molecule has 0 fully saturated rings. The highest BCUT2D eigenvalue weighted by molar-refractivity contribution is 14.0. The van der Waals surface area contributed by atoms with Gasteiger partial charge in [-0.15, -0.1) is 24.0 Å². The van der Waals surface area contributed by atoms with Crippen LogP contribution >= 0.6 is 24.0 Å². The van der Waals surface area contributed by atoms with Crippen molar-refractivity contribution in [3.05, 3.63) is 65.7 Å². The van der Waals surface area contributed by atoms with Gasteiger partial charge in [-0.1, -0.05) is 24.3 Å². The first-order valence-corrected chi connectivity index (χ1v) is 8.78. The van der Waals surface area contributed by atoms with Crippen LogP contribution in [0.25, 0.3) is 11.0 Å². The molecule has 0 aliphatic rings. The zero-order valence-corrected chi connectivity index (χ0v) is 17.9. The van der Waals surface area contributed by atoms with Gasteiger partial charge in [0.2, 0.25) is 0 Å². The molecule has 0 amide bonds. The van der Waals surface area contributed by atoms with Crippen molar-refractivity contribution in [1.82, 2.24) is 20.2 Å². The highest BCUT2D eigenvalue weighted by atomic mass is 127. The molecule has 144 valence electrons. The Hall–Kier alpha value is -2.16. The van der Waals surface area contributed by atoms with Gasteiger partial charge in [-0.25, -0.2) is 9.37 Å². The van der Waals surface area contributed by atoms with E-state index in [0.717, 1.165) is 36.4 Å². The van der Waals surface area contributed by atoms with E-state index in [4.69, 9.17) is 0 Å². The Labute approximate surface area is 176 Å². The Morgan fingerprint density at radius 3 is 2.74 bits per heavy atom. The third kappa shape index (κ3) is 5.66. The SMILES string of the molecule is CN=C(NCCCn1c(C)nc2ccccc21)NCc1cccc(F)c1.I. The number of fused-ring (bicyclic) bond motifs is 1. The molecule has 0 radical (unpaired) electrons. The van der Waals surface area contributed by atoms with Crippen LogP contribution in [-0.4, -0.2) is 29.1 Å². The Morgan fingerprint density at radius 2 is 1.96 bits per heavy atom. The van der Waals surface area contributed by atoms with Gasteiger partial charge in [0.05, 0.1) is 11.0 Å². The maximum atomic E-state index is 13.2. The lowest BCUT2D eigenvalue weighted by Gasteiger charge is -2.13. The van der Waals surface area contributed by atoms with Crippen molar-refractivity contribution < 1.29 is 4.39 Å². The van der Waals surface area contributed by atoms with E-state index in [9.17, 15) is 4.39 Å². The number of imidazole rings is 1. The van der Waals surface area contributed by atoms with E-state index >= 15 is 0 Å². The molecule has 3 aromatic rings. The topological polar surface area (TPSA) is 54.2 Å². The van der Waals surface area contributed by atoms with E-state index in [2.05, 4.69) is 31.2 Å². The fraction of sp³-hybridized carbons (Fsp3) is 0.300. The van der Waals surface area contributed by atoms with Crippen LogP contribution in [0.2, 0.25) is 0 Å². The molecule has 0 saturated heterocycles. The maximum absolute atomic E-state index is 13.2. The van der Waals surface area contributed by atoms with Gasteiger partial charge in [-0.2, -0.15) is 0 Å². The van der Waals surface area contributed by atoms with Crippen LogP contribution in [0.3, 0.4) is 0 Å². The summed E-state index contributed by atoms with van der Waals surface area (Å²) in [5.74, 6) is 1.51. The van der Waals surface area contributed by atoms with Crippen molar-refractivity contribution in [2.24, 2.45) is 4.99 Å². The largest absolute Gasteiger partial charge is 0.356 e. The molecule has 0 aliphatic heterocycles. The van der Waals surface area contributed by atoms with Crippen LogP contribution in [0.4, 0.5) is 4.39 Å². The average molecular weight is 481 g/mol. The number of guanidine groups is 1. The van der Waals surface area contributed by atoms with E-state index in [1.807, 2.05) is 31.2 Å². The third-order valence-electron chi connectivity index (χ3n) is 4.27. The molecule has 5 nitrogen and oxygen atoms in total. The maximum Gasteiger partial charge on any atom is 0.191 e. The summed E-state index contributed by atoms with van der Waals surface area (Å²) in [5.41, 5.74) is 3.08. The Kier molecular flexibility index (Phi) is 8.02. The summed E-state index contributed by atoms with van der Waals surface area (Å²) in [7, 11) is 1.73. The number of aliphatic imine (C=N–C) groups is 1. The standard InChI is InChI=1S/C20H24FN5.HI/c1-15-25-18-9-3-4-10-19(18)26(15)12-6-11-23-20(22-2)24-14-16-7-5-8-17(21)13-16;/h3-5,7-10,13H,6,11-12,14H2,1-2H3,(H2,22,23,24);1H. The molecule has 0 atom stereocenters. The van der Waals surface area contributed by atoms with Gasteiger partial charge < -0.3 is 15.2 Å². The summed E-state index contributed by atoms with van der Waals surface area (Å²) in [4.78, 5) is 8.80. The van der Waals surface area contributed by atoms with E-state index < -0.39 is 0 Å². The van der Waals surface area contributed by atoms with Crippen LogP contribution in [0.5, 0.6) is 0 Å². The lowest BCUT2D eigenvalue weighted by molar-refractivity contribution is 0.620. The molecule has 0 saturated carbocycles. The number of rotatable bonds is 6. The number of nitrogens with zero attached hydrogens (tertiary/aromatic N) is 3. The van der Waals surface area contributed by atoms with Crippen molar-refractivity contribution in [3.8, 4) is 0 Å². The monoisotopic (exact) mass is 481 g/mol. The zero-order valence-electron chi connectivity index (χ0n) is 15.6. The molecule has 0 bridgehead atoms. The fourth-order valence-corrected chi connectivity index (χ4v) is 2.98. The minimum atomic E-state index is -0.227. The predicted octanol–water partition coefficient (Wildman–Crippen LogP) is 3.86. The second-order valence-electron chi connectivity index (χ2n) is 6.14. The molecule has 2 aromatic carbocycles. The molecule has 0 unspecified atom stereocenters. The van der Waals surface area contributed by atoms with Gasteiger partial charge in [0.25, 0.3) is 0 Å². The first kappa shape index (κ1) is 21.1. The summed E-state index contributed by atoms with van der Waals surface area (Å²) < 4.78 is 15.5. The number of para-hydroxylation sites is 2. The van der Waals surface area contributed by atoms with Gasteiger partial charge in [-0.3, -0.25) is 4.99 Å². The van der Waals surface area contributed by atoms with Crippen LogP contribution in [-0.2, 0) is 13.1 Å². The van der Waals surface area contributed by atoms with Crippen molar-refractivity contribution in [2.75, 3.05) is 13.6 Å². The van der Waals surface area contributed by atoms with Crippen LogP contribution < -0.4 is 10.6 Å². The lowest BCUT2D eigenvalue weighted by atomic mass is 10.2. The summed E-state index contributed by atoms with van der Waals surface area (Å²) in [6, 6.07) is 14.7. The minimum absolute atomic E-state index is 0. The molecule has 1 aromatic heterocycles. The van der Waals surface area contributed by atoms with Crippen LogP contribution in [0.15, 0.2) is 53.5 Å². The quantitative estimate of drug-likeness (QED) is 0.244. The van der Waals surface area contributed by atoms with Crippen LogP contribution in [0.1, 0.15) is 17.8 Å². The number of hydrogen-bond donors (Lipinski definition) is 2. The van der Waals surface area contributed by atoms with Gasteiger partial charge in [0.15, 0.2) is 5.96 Å². The molecule has 0 spiro atoms. The number of halogens is 2. The number of aromatic nitrogens is 2. The second kappa shape index (κ2) is 10.2. The normalized spacial score (nSPS) is 11.3. The van der Waals surface area contributed by atoms with Gasteiger partial charge in [0, 0.05) is 26.7 Å². The third-order valence-corrected chi connectivity index (χ3v) is 4.27. The summed E-state index contributed by atoms with van der Waals surface area (Å²) >= 11 is 0. The van der Waals surface area contributed by atoms with Crippen molar-refractivity contribution in [1.29, 1.82) is 0 Å². The zero-order chi connectivity index (χ0) is 18.4. The van der Waals surface area contributed by atoms with Crippen molar-refractivity contribution in [3.63, 3.8) is 0 Å². The van der Waals surface area contributed by atoms with E-state index in [1.165, 1.54) is 17.6 Å². The summed E-state index contributed by atoms with van der Waals surface area (Å²) in [5, 5.41) is 6.50. The van der Waals surface area contributed by atoms with Crippen molar-refractivity contribution in [2.45, 2.75) is 26.4 Å². The first-order valence-electron chi connectivity index (χ1n) is 8.78. The van der Waals surface area contributed by atoms with E-state index in [-0.39, 0.29) is 29.8 Å². The Morgan fingerprint density at radius 1 is 1.15 bits per heavy atom. The highest BCUT2D eigenvalue weighted by Gasteiger charge is 2.06. The summed E-state index contributed by atoms with van der Waals surface area (Å²) in [6.45, 7) is 4.24. The first-order chi connectivity index (χ1) is 12.7. The van der Waals surface area contributed by atoms with Crippen molar-refractivity contribution >= 4 is 41.0 Å². The Balaban J connectivity index is 0.00000261. The second-order valence-corrected chi connectivity index (χ2v) is 6.14. The highest BCUT2D eigenvalue weighted by Crippen LogP contribution is 2.15. The molecule has 0 aliphatic carbocycles. The van der Waals surface area contributed by atoms with Gasteiger partial charge >= 0.3 is 0 Å². The van der Waals surface area contributed by atoms with Crippen LogP contribution in [0, 0.1) is 12.7 Å². The lowest BCUT2D eigenvalue weighted by Crippen LogP contribution is -2.37. The number of aryl methyl sites for hydroxylation is 2. The summed E-state index contributed by atoms with van der Waals surface area (Å²) in [6.07, 6.45) is 0.946. The fourth-order valence-electron chi connectivity index (χ4n) is 2.98. The van der Waals surface area contributed by atoms with Gasteiger partial charge in [0.1, 0.15) is 11.6 Å². The molecule has 2 N–H and O–H groups in total. The van der Waals surface area contributed by atoms with E-state index in [1.54, 1.807) is 13.1 Å². The molecular weight excluding hydrogens is 456 g/mol. The molecule has 7 heteroatoms. The van der Waals surface area contributed by atoms with E-state index in [0.29, 0.717) is 12.5 Å². The molecule has 1 heterocycles. The Bertz CT molecular complexity index is 906. The molecular formula is C20H25FIN5. The number of benzene rings is 2. The number of hydrogen-bond acceptors (Lipinski definition) is 2.